The molecule has 0 aliphatic carbocycles. The fraction of sp³-hybridized carbons (Fsp3) is 0.278. The van der Waals surface area contributed by atoms with Crippen molar-refractivity contribution in [3.8, 4) is 0 Å². The van der Waals surface area contributed by atoms with Crippen molar-refractivity contribution in [1.82, 2.24) is 4.31 Å². The molecule has 1 atom stereocenters. The van der Waals surface area contributed by atoms with Gasteiger partial charge in [-0.3, -0.25) is 4.55 Å². The molecule has 3 rings (SSSR count). The number of rotatable bonds is 5. The topological polar surface area (TPSA) is 79.2 Å². The normalized spacial score (nSPS) is 19.7. The van der Waals surface area contributed by atoms with E-state index in [-0.39, 0.29) is 27.9 Å². The number of halogens is 5. The van der Waals surface area contributed by atoms with Crippen LogP contribution in [0, 0.1) is 0 Å². The van der Waals surface area contributed by atoms with Crippen molar-refractivity contribution in [2.24, 2.45) is 5.16 Å². The fourth-order valence-electron chi connectivity index (χ4n) is 2.99. The van der Waals surface area contributed by atoms with Gasteiger partial charge >= 0.3 is 16.5 Å². The summed E-state index contributed by atoms with van der Waals surface area (Å²) in [6.45, 7) is -0.115. The minimum Gasteiger partial charge on any atom is -0.374 e. The smallest absolute Gasteiger partial charge is 0.374 e. The van der Waals surface area contributed by atoms with E-state index in [0.717, 1.165) is 16.4 Å². The summed E-state index contributed by atoms with van der Waals surface area (Å²) in [6.07, 6.45) is -5.40. The van der Waals surface area contributed by atoms with Crippen molar-refractivity contribution >= 4 is 39.2 Å². The van der Waals surface area contributed by atoms with Crippen LogP contribution in [0.5, 0.6) is 0 Å². The summed E-state index contributed by atoms with van der Waals surface area (Å²) in [4.78, 5) is 4.93. The van der Waals surface area contributed by atoms with Gasteiger partial charge in [0.25, 0.3) is 5.60 Å². The van der Waals surface area contributed by atoms with Crippen LogP contribution in [0.2, 0.25) is 10.0 Å². The Morgan fingerprint density at radius 3 is 2.23 bits per heavy atom. The van der Waals surface area contributed by atoms with Gasteiger partial charge in [0.05, 0.1) is 5.71 Å². The highest BCUT2D eigenvalue weighted by Gasteiger charge is 2.62. The van der Waals surface area contributed by atoms with E-state index in [1.165, 1.54) is 37.4 Å². The molecular formula is C18H15Cl2F3N2O4S. The third-order valence-corrected chi connectivity index (χ3v) is 5.95. The molecule has 0 amide bonds. The van der Waals surface area contributed by atoms with Crippen LogP contribution in [0.25, 0.3) is 0 Å². The van der Waals surface area contributed by atoms with Crippen LogP contribution in [0.4, 0.5) is 13.2 Å². The Labute approximate surface area is 180 Å². The SMILES string of the molecule is CN(Cc1ccc(C2=NOC(c3cc(Cl)cc(Cl)c3)(C(F)(F)F)C2)cc1)S(=O)(=O)O. The highest BCUT2D eigenvalue weighted by atomic mass is 35.5. The molecule has 12 heteroatoms. The molecule has 0 radical (unpaired) electrons. The van der Waals surface area contributed by atoms with E-state index in [1.807, 2.05) is 0 Å². The van der Waals surface area contributed by atoms with Crippen molar-refractivity contribution in [3.05, 3.63) is 69.2 Å². The molecular weight excluding hydrogens is 468 g/mol. The number of hydrogen-bond acceptors (Lipinski definition) is 4. The number of hydrogen-bond donors (Lipinski definition) is 1. The number of alkyl halides is 3. The van der Waals surface area contributed by atoms with Crippen molar-refractivity contribution in [2.75, 3.05) is 7.05 Å². The summed E-state index contributed by atoms with van der Waals surface area (Å²) >= 11 is 11.8. The molecule has 30 heavy (non-hydrogen) atoms. The van der Waals surface area contributed by atoms with Crippen LogP contribution in [0.15, 0.2) is 47.6 Å². The Bertz CT molecular complexity index is 1070. The summed E-state index contributed by atoms with van der Waals surface area (Å²) in [5.41, 5.74) is -2.06. The van der Waals surface area contributed by atoms with E-state index in [1.54, 1.807) is 0 Å². The summed E-state index contributed by atoms with van der Waals surface area (Å²) in [5.74, 6) is 0. The van der Waals surface area contributed by atoms with Crippen molar-refractivity contribution < 1.29 is 31.0 Å². The van der Waals surface area contributed by atoms with Gasteiger partial charge in [-0.1, -0.05) is 52.6 Å². The van der Waals surface area contributed by atoms with Crippen LogP contribution in [-0.4, -0.2) is 36.2 Å². The van der Waals surface area contributed by atoms with Gasteiger partial charge in [-0.05, 0) is 29.3 Å². The van der Waals surface area contributed by atoms with Gasteiger partial charge in [-0.2, -0.15) is 25.9 Å². The molecule has 1 aliphatic rings. The summed E-state index contributed by atoms with van der Waals surface area (Å²) in [6, 6.07) is 9.60. The molecule has 6 nitrogen and oxygen atoms in total. The Morgan fingerprint density at radius 1 is 1.17 bits per heavy atom. The van der Waals surface area contributed by atoms with Gasteiger partial charge in [-0.15, -0.1) is 0 Å². The lowest BCUT2D eigenvalue weighted by atomic mass is 9.86. The van der Waals surface area contributed by atoms with Crippen molar-refractivity contribution in [2.45, 2.75) is 24.7 Å². The van der Waals surface area contributed by atoms with Gasteiger partial charge < -0.3 is 4.84 Å². The predicted octanol–water partition coefficient (Wildman–Crippen LogP) is 4.81. The molecule has 2 aromatic rings. The second-order valence-electron chi connectivity index (χ2n) is 6.72. The standard InChI is InChI=1S/C18H15Cl2F3N2O4S/c1-25(30(26,27)28)10-11-2-4-12(5-3-11)16-9-17(29-24-16,18(21,22)23)13-6-14(19)8-15(20)7-13/h2-8H,9-10H2,1H3,(H,26,27,28). The average molecular weight is 483 g/mol. The fourth-order valence-corrected chi connectivity index (χ4v) is 3.83. The van der Waals surface area contributed by atoms with E-state index < -0.39 is 28.5 Å². The van der Waals surface area contributed by atoms with Crippen LogP contribution < -0.4 is 0 Å². The van der Waals surface area contributed by atoms with Crippen LogP contribution >= 0.6 is 23.2 Å². The molecule has 1 unspecified atom stereocenters. The predicted molar refractivity (Wildman–Crippen MR) is 106 cm³/mol. The molecule has 0 bridgehead atoms. The highest BCUT2D eigenvalue weighted by Crippen LogP contribution is 2.49. The third kappa shape index (κ3) is 4.57. The average Bonchev–Trinajstić information content (AvgIpc) is 3.07. The van der Waals surface area contributed by atoms with Crippen molar-refractivity contribution in [1.29, 1.82) is 0 Å². The maximum Gasteiger partial charge on any atom is 0.435 e. The lowest BCUT2D eigenvalue weighted by molar-refractivity contribution is -0.275. The van der Waals surface area contributed by atoms with E-state index in [2.05, 4.69) is 5.16 Å². The first-order valence-corrected chi connectivity index (χ1v) is 10.5. The maximum absolute atomic E-state index is 14.0. The molecule has 0 spiro atoms. The van der Waals surface area contributed by atoms with Gasteiger partial charge in [-0.25, -0.2) is 0 Å². The maximum atomic E-state index is 14.0. The minimum absolute atomic E-state index is 0.0329. The van der Waals surface area contributed by atoms with Gasteiger partial charge in [0.1, 0.15) is 0 Å². The van der Waals surface area contributed by atoms with Gasteiger partial charge in [0.15, 0.2) is 0 Å². The molecule has 1 heterocycles. The number of nitrogens with zero attached hydrogens (tertiary/aromatic N) is 2. The highest BCUT2D eigenvalue weighted by molar-refractivity contribution is 7.83. The second kappa shape index (κ2) is 8.01. The summed E-state index contributed by atoms with van der Waals surface area (Å²) in [5, 5.41) is 3.72. The molecule has 0 fully saturated rings. The van der Waals surface area contributed by atoms with E-state index >= 15 is 0 Å². The van der Waals surface area contributed by atoms with E-state index in [4.69, 9.17) is 32.6 Å². The molecule has 162 valence electrons. The Morgan fingerprint density at radius 2 is 1.73 bits per heavy atom. The van der Waals surface area contributed by atoms with E-state index in [0.29, 0.717) is 11.1 Å². The zero-order chi connectivity index (χ0) is 22.3. The first kappa shape index (κ1) is 22.8. The molecule has 0 saturated carbocycles. The Hall–Kier alpha value is -1.85. The second-order valence-corrected chi connectivity index (χ2v) is 9.11. The number of oxime groups is 1. The Kier molecular flexibility index (Phi) is 6.09. The van der Waals surface area contributed by atoms with Gasteiger partial charge in [0.2, 0.25) is 0 Å². The van der Waals surface area contributed by atoms with E-state index in [9.17, 15) is 21.6 Å². The first-order valence-electron chi connectivity index (χ1n) is 8.38. The molecule has 0 saturated heterocycles. The van der Waals surface area contributed by atoms with Crippen LogP contribution in [-0.2, 0) is 27.3 Å². The lowest BCUT2D eigenvalue weighted by Gasteiger charge is -2.29. The van der Waals surface area contributed by atoms with Crippen LogP contribution in [0.3, 0.4) is 0 Å². The monoisotopic (exact) mass is 482 g/mol. The summed E-state index contributed by atoms with van der Waals surface area (Å²) < 4.78 is 73.9. The minimum atomic E-state index is -4.80. The molecule has 0 aromatic heterocycles. The number of benzene rings is 2. The van der Waals surface area contributed by atoms with Crippen LogP contribution in [0.1, 0.15) is 23.1 Å². The Balaban J connectivity index is 1.87. The third-order valence-electron chi connectivity index (χ3n) is 4.60. The quantitative estimate of drug-likeness (QED) is 0.620. The largest absolute Gasteiger partial charge is 0.435 e. The molecule has 1 aliphatic heterocycles. The zero-order valence-electron chi connectivity index (χ0n) is 15.3. The van der Waals surface area contributed by atoms with Gasteiger partial charge in [0, 0.05) is 35.6 Å². The molecule has 1 N–H and O–H groups in total. The zero-order valence-corrected chi connectivity index (χ0v) is 17.6. The summed E-state index contributed by atoms with van der Waals surface area (Å²) in [7, 11) is -3.17. The van der Waals surface area contributed by atoms with Crippen molar-refractivity contribution in [3.63, 3.8) is 0 Å². The first-order chi connectivity index (χ1) is 13.8. The molecule has 2 aromatic carbocycles. The lowest BCUT2D eigenvalue weighted by Crippen LogP contribution is -2.42.